The summed E-state index contributed by atoms with van der Waals surface area (Å²) >= 11 is 0. The summed E-state index contributed by atoms with van der Waals surface area (Å²) in [6.45, 7) is 10.3. The van der Waals surface area contributed by atoms with Crippen LogP contribution in [-0.2, 0) is 21.1 Å². The monoisotopic (exact) mass is 1080 g/mol. The Bertz CT molecular complexity index is 3600. The molecule has 10 aromatic rings. The Labute approximate surface area is 427 Å². The minimum atomic E-state index is -2.19. The first-order valence-electron chi connectivity index (χ1n) is 25.4. The molecule has 5 heteroatoms. The molecule has 69 heavy (non-hydrogen) atoms. The molecule has 1 N–H and O–H groups in total. The van der Waals surface area contributed by atoms with Gasteiger partial charge in [-0.1, -0.05) is 203 Å². The Morgan fingerprint density at radius 2 is 1.17 bits per heavy atom. The van der Waals surface area contributed by atoms with E-state index >= 15 is 0 Å². The molecule has 0 saturated heterocycles. The van der Waals surface area contributed by atoms with E-state index in [0.717, 1.165) is 94.6 Å². The van der Waals surface area contributed by atoms with Gasteiger partial charge in [-0.3, -0.25) is 9.55 Å². The summed E-state index contributed by atoms with van der Waals surface area (Å²) in [5.41, 5.74) is 17.0. The van der Waals surface area contributed by atoms with Crippen LogP contribution >= 0.6 is 0 Å². The van der Waals surface area contributed by atoms with Crippen LogP contribution in [0.1, 0.15) is 87.0 Å². The van der Waals surface area contributed by atoms with Gasteiger partial charge in [0.25, 0.3) is 0 Å². The molecule has 2 aromatic heterocycles. The fraction of sp³-hybridized carbons (Fsp3) is 0.156. The molecule has 2 heterocycles. The molecule has 4 nitrogen and oxygen atoms in total. The number of para-hydroxylation sites is 1. The molecule has 0 fully saturated rings. The quantitative estimate of drug-likeness (QED) is 0.131. The number of aromatic hydroxyl groups is 1. The third-order valence-corrected chi connectivity index (χ3v) is 13.0. The second kappa shape index (κ2) is 19.8. The maximum Gasteiger partial charge on any atom is 0.148 e. The summed E-state index contributed by atoms with van der Waals surface area (Å²) in [5.74, 6) is 0.0412. The van der Waals surface area contributed by atoms with Crippen LogP contribution in [0.3, 0.4) is 0 Å². The predicted molar refractivity (Wildman–Crippen MR) is 284 cm³/mol. The van der Waals surface area contributed by atoms with Crippen LogP contribution in [0.25, 0.3) is 95.0 Å². The number of aryl methyl sites for hydroxylation is 1. The van der Waals surface area contributed by atoms with Gasteiger partial charge in [0, 0.05) is 44.0 Å². The van der Waals surface area contributed by atoms with E-state index in [1.54, 1.807) is 18.3 Å². The Kier molecular flexibility index (Phi) is 12.1. The van der Waals surface area contributed by atoms with Gasteiger partial charge in [0.1, 0.15) is 11.6 Å². The Hall–Kier alpha value is -7.13. The number of benzene rings is 8. The zero-order valence-electron chi connectivity index (χ0n) is 43.7. The van der Waals surface area contributed by atoms with E-state index in [9.17, 15) is 6.48 Å². The van der Waals surface area contributed by atoms with E-state index in [2.05, 4.69) is 129 Å². The number of hydrogen-bond acceptors (Lipinski definition) is 3. The van der Waals surface area contributed by atoms with Crippen LogP contribution in [0.5, 0.6) is 5.75 Å². The topological polar surface area (TPSA) is 50.9 Å². The van der Waals surface area contributed by atoms with Crippen molar-refractivity contribution in [2.24, 2.45) is 0 Å². The summed E-state index contributed by atoms with van der Waals surface area (Å²) in [5, 5.41) is 12.5. The van der Waals surface area contributed by atoms with Crippen molar-refractivity contribution in [3.8, 4) is 89.7 Å². The van der Waals surface area contributed by atoms with Gasteiger partial charge in [-0.15, -0.1) is 23.8 Å². The molecule has 0 aliphatic rings. The summed E-state index contributed by atoms with van der Waals surface area (Å²) in [7, 11) is 0. The molecule has 0 spiro atoms. The van der Waals surface area contributed by atoms with Gasteiger partial charge in [-0.05, 0) is 105 Å². The SMILES string of the molecule is [2H]C([2H])([2H])c1ccc(-c2ccnc(-c3[c-]c(-c4cccc5c4nc(-c4cc(C(C)C)cc(C(C)C)c4O)n5-c4cc(-c5ccccc5)c(C([2H])(C)C)cc4-c4ccccc4)cc(-c4ccccc4)c3)c2)cc1.[Pt]. The maximum absolute atomic E-state index is 12.5. The average Bonchev–Trinajstić information content (AvgIpc) is 3.78. The van der Waals surface area contributed by atoms with Crippen molar-refractivity contribution in [2.75, 3.05) is 0 Å². The van der Waals surface area contributed by atoms with Crippen LogP contribution in [0.4, 0.5) is 0 Å². The van der Waals surface area contributed by atoms with Crippen molar-refractivity contribution in [3.05, 3.63) is 217 Å². The van der Waals surface area contributed by atoms with Gasteiger partial charge in [-0.25, -0.2) is 4.98 Å². The zero-order valence-corrected chi connectivity index (χ0v) is 41.9. The van der Waals surface area contributed by atoms with E-state index in [0.29, 0.717) is 22.6 Å². The number of hydrogen-bond donors (Lipinski definition) is 1. The van der Waals surface area contributed by atoms with E-state index in [1.165, 1.54) is 0 Å². The van der Waals surface area contributed by atoms with Crippen molar-refractivity contribution in [3.63, 3.8) is 0 Å². The largest absolute Gasteiger partial charge is 0.507 e. The molecule has 0 aliphatic carbocycles. The second-order valence-electron chi connectivity index (χ2n) is 18.5. The molecule has 0 aliphatic heterocycles. The van der Waals surface area contributed by atoms with Crippen molar-refractivity contribution in [2.45, 2.75) is 66.1 Å². The maximum atomic E-state index is 12.5. The van der Waals surface area contributed by atoms with Crippen molar-refractivity contribution >= 4 is 11.0 Å². The number of rotatable bonds is 11. The molecule has 0 bridgehead atoms. The standard InChI is InChI=1S/C64H56N3O.Pt/c1-40(2)49-35-55(42(5)6)63(68)58(36-49)64-66-62-53(51-32-50(44-18-11-8-12-19-44)33-52(34-51)59-37-48(30-31-65-59)45-28-26-43(7)27-29-45)24-17-25-60(62)67(64)61-39-56(46-20-13-9-14-21-46)54(41(3)4)38-57(61)47-22-15-10-16-23-47;/h8-33,35-42,68H,1-7H3;/q-1;/i7D3,41D;. The molecule has 10 rings (SSSR count). The zero-order chi connectivity index (χ0) is 50.5. The molecule has 344 valence electrons. The smallest absolute Gasteiger partial charge is 0.148 e. The number of phenolic OH excluding ortho intramolecular Hbond substituents is 1. The summed E-state index contributed by atoms with van der Waals surface area (Å²) in [4.78, 5) is 10.6. The average molecular weight is 1080 g/mol. The minimum Gasteiger partial charge on any atom is -0.507 e. The second-order valence-corrected chi connectivity index (χ2v) is 18.5. The van der Waals surface area contributed by atoms with E-state index in [1.807, 2.05) is 92.7 Å². The molecule has 0 saturated carbocycles. The third kappa shape index (κ3) is 9.27. The predicted octanol–water partition coefficient (Wildman–Crippen LogP) is 17.3. The molecule has 0 radical (unpaired) electrons. The summed E-state index contributed by atoms with van der Waals surface area (Å²) in [6, 6.07) is 64.8. The first-order chi connectivity index (χ1) is 34.5. The number of pyridine rings is 1. The van der Waals surface area contributed by atoms with Crippen molar-refractivity contribution in [1.29, 1.82) is 0 Å². The number of imidazole rings is 1. The van der Waals surface area contributed by atoms with Crippen molar-refractivity contribution in [1.82, 2.24) is 14.5 Å². The van der Waals surface area contributed by atoms with Crippen LogP contribution in [-0.4, -0.2) is 19.6 Å². The van der Waals surface area contributed by atoms with Gasteiger partial charge in [0.15, 0.2) is 0 Å². The van der Waals surface area contributed by atoms with Gasteiger partial charge >= 0.3 is 0 Å². The van der Waals surface area contributed by atoms with Gasteiger partial charge in [0.2, 0.25) is 0 Å². The fourth-order valence-electron chi connectivity index (χ4n) is 9.33. The van der Waals surface area contributed by atoms with Crippen LogP contribution in [0.2, 0.25) is 0 Å². The molecular formula is C64H56N3OPt-. The molecule has 0 unspecified atom stereocenters. The van der Waals surface area contributed by atoms with Crippen LogP contribution in [0.15, 0.2) is 188 Å². The van der Waals surface area contributed by atoms with Crippen LogP contribution < -0.4 is 0 Å². The van der Waals surface area contributed by atoms with Crippen molar-refractivity contribution < 1.29 is 31.7 Å². The van der Waals surface area contributed by atoms with Gasteiger partial charge < -0.3 is 5.11 Å². The van der Waals surface area contributed by atoms with Crippen LogP contribution in [0, 0.1) is 12.9 Å². The Morgan fingerprint density at radius 3 is 1.81 bits per heavy atom. The summed E-state index contributed by atoms with van der Waals surface area (Å²) < 4.78 is 35.4. The molecule has 0 amide bonds. The molecule has 0 atom stereocenters. The molecule has 8 aromatic carbocycles. The van der Waals surface area contributed by atoms with E-state index in [-0.39, 0.29) is 38.7 Å². The number of aromatic nitrogens is 3. The first kappa shape index (κ1) is 42.0. The minimum absolute atomic E-state index is 0. The number of fused-ring (bicyclic) bond motifs is 1. The van der Waals surface area contributed by atoms with E-state index < -0.39 is 12.7 Å². The summed E-state index contributed by atoms with van der Waals surface area (Å²) in [6.07, 6.45) is 1.78. The van der Waals surface area contributed by atoms with Gasteiger partial charge in [0.05, 0.1) is 22.3 Å². The number of nitrogens with zero attached hydrogens (tertiary/aromatic N) is 3. The first-order valence-corrected chi connectivity index (χ1v) is 23.4. The normalized spacial score (nSPS) is 12.6. The Morgan fingerprint density at radius 1 is 0.536 bits per heavy atom. The fourth-order valence-corrected chi connectivity index (χ4v) is 9.33. The van der Waals surface area contributed by atoms with E-state index in [4.69, 9.17) is 14.1 Å². The van der Waals surface area contributed by atoms with Gasteiger partial charge in [-0.2, -0.15) is 0 Å². The molecular weight excluding hydrogens is 1020 g/mol. The third-order valence-electron chi connectivity index (χ3n) is 13.0. The number of phenols is 1. The Balaban J connectivity index is 0.00000656.